The lowest BCUT2D eigenvalue weighted by atomic mass is 9.90. The van der Waals surface area contributed by atoms with Gasteiger partial charge < -0.3 is 14.5 Å². The number of piperidine rings is 1. The van der Waals surface area contributed by atoms with Gasteiger partial charge in [0.25, 0.3) is 0 Å². The Balaban J connectivity index is 1.28. The summed E-state index contributed by atoms with van der Waals surface area (Å²) < 4.78 is 19.0. The van der Waals surface area contributed by atoms with Crippen LogP contribution in [0.2, 0.25) is 5.15 Å². The third-order valence-electron chi connectivity index (χ3n) is 6.49. The molecule has 0 N–H and O–H groups in total. The molecule has 1 aromatic rings. The van der Waals surface area contributed by atoms with Crippen LogP contribution in [0.5, 0.6) is 0 Å². The monoisotopic (exact) mass is 449 g/mol. The number of hydrogen-bond donors (Lipinski definition) is 0. The summed E-state index contributed by atoms with van der Waals surface area (Å²) in [6, 6.07) is 5.51. The zero-order valence-electron chi connectivity index (χ0n) is 17.7. The van der Waals surface area contributed by atoms with Gasteiger partial charge in [0.1, 0.15) is 23.2 Å². The van der Waals surface area contributed by atoms with Gasteiger partial charge in [-0.3, -0.25) is 9.69 Å². The molecule has 4 rings (SSSR count). The number of nitrogens with zero attached hydrogens (tertiary/aromatic N) is 5. The first-order chi connectivity index (χ1) is 15.0. The standard InChI is InChI=1S/C22H29ClFN5O2/c23-20-10-17(11-21(26-20)28-5-7-31-8-6-28)9-16-1-3-27(4-2-16)15-22(30)29-14-18(24)12-19(29)13-25/h10-11,16,18-19H,1-9,12,14-15H2/t18-,19-/m0/s1. The van der Waals surface area contributed by atoms with E-state index in [-0.39, 0.29) is 25.4 Å². The van der Waals surface area contributed by atoms with Crippen molar-refractivity contribution in [2.75, 3.05) is 57.4 Å². The van der Waals surface area contributed by atoms with E-state index in [9.17, 15) is 9.18 Å². The van der Waals surface area contributed by atoms with E-state index < -0.39 is 12.2 Å². The average molecular weight is 450 g/mol. The highest BCUT2D eigenvalue weighted by atomic mass is 35.5. The number of halogens is 2. The molecule has 3 fully saturated rings. The van der Waals surface area contributed by atoms with Gasteiger partial charge in [0, 0.05) is 19.5 Å². The van der Waals surface area contributed by atoms with Gasteiger partial charge in [-0.25, -0.2) is 9.37 Å². The van der Waals surface area contributed by atoms with Crippen molar-refractivity contribution in [3.8, 4) is 6.07 Å². The van der Waals surface area contributed by atoms with Gasteiger partial charge in [0.2, 0.25) is 5.91 Å². The lowest BCUT2D eigenvalue weighted by Gasteiger charge is -2.33. The van der Waals surface area contributed by atoms with E-state index >= 15 is 0 Å². The molecule has 2 atom stereocenters. The molecule has 168 valence electrons. The van der Waals surface area contributed by atoms with E-state index in [0.29, 0.717) is 24.3 Å². The van der Waals surface area contributed by atoms with E-state index in [1.54, 1.807) is 0 Å². The zero-order chi connectivity index (χ0) is 21.8. The number of aromatic nitrogens is 1. The lowest BCUT2D eigenvalue weighted by Crippen LogP contribution is -2.45. The fourth-order valence-corrected chi connectivity index (χ4v) is 4.98. The van der Waals surface area contributed by atoms with Crippen molar-refractivity contribution < 1.29 is 13.9 Å². The Labute approximate surface area is 187 Å². The average Bonchev–Trinajstić information content (AvgIpc) is 3.16. The zero-order valence-corrected chi connectivity index (χ0v) is 18.4. The van der Waals surface area contributed by atoms with Crippen LogP contribution < -0.4 is 4.90 Å². The van der Waals surface area contributed by atoms with Crippen LogP contribution in [-0.2, 0) is 16.0 Å². The van der Waals surface area contributed by atoms with Crippen molar-refractivity contribution >= 4 is 23.3 Å². The molecule has 4 heterocycles. The minimum Gasteiger partial charge on any atom is -0.378 e. The number of carbonyl (C=O) groups is 1. The van der Waals surface area contributed by atoms with Gasteiger partial charge >= 0.3 is 0 Å². The van der Waals surface area contributed by atoms with Gasteiger partial charge in [-0.15, -0.1) is 0 Å². The smallest absolute Gasteiger partial charge is 0.237 e. The largest absolute Gasteiger partial charge is 0.378 e. The Morgan fingerprint density at radius 1 is 1.26 bits per heavy atom. The molecule has 0 aromatic carbocycles. The van der Waals surface area contributed by atoms with E-state index in [4.69, 9.17) is 21.6 Å². The van der Waals surface area contributed by atoms with Crippen LogP contribution in [0, 0.1) is 17.2 Å². The van der Waals surface area contributed by atoms with Crippen molar-refractivity contribution in [1.82, 2.24) is 14.8 Å². The van der Waals surface area contributed by atoms with Gasteiger partial charge in [0.15, 0.2) is 0 Å². The number of likely N-dealkylation sites (tertiary alicyclic amines) is 2. The fourth-order valence-electron chi connectivity index (χ4n) is 4.75. The predicted molar refractivity (Wildman–Crippen MR) is 116 cm³/mol. The molecule has 0 saturated carbocycles. The lowest BCUT2D eigenvalue weighted by molar-refractivity contribution is -0.132. The van der Waals surface area contributed by atoms with Crippen LogP contribution in [0.25, 0.3) is 0 Å². The number of ether oxygens (including phenoxy) is 1. The third-order valence-corrected chi connectivity index (χ3v) is 6.68. The van der Waals surface area contributed by atoms with Crippen LogP contribution in [0.3, 0.4) is 0 Å². The highest BCUT2D eigenvalue weighted by molar-refractivity contribution is 6.29. The molecule has 3 saturated heterocycles. The Kier molecular flexibility index (Phi) is 7.26. The summed E-state index contributed by atoms with van der Waals surface area (Å²) in [4.78, 5) is 22.8. The van der Waals surface area contributed by atoms with Crippen LogP contribution in [0.1, 0.15) is 24.8 Å². The topological polar surface area (TPSA) is 72.7 Å². The maximum Gasteiger partial charge on any atom is 0.237 e. The summed E-state index contributed by atoms with van der Waals surface area (Å²) in [6.45, 7) is 5.03. The molecule has 1 aromatic heterocycles. The van der Waals surface area contributed by atoms with E-state index in [0.717, 1.165) is 51.3 Å². The van der Waals surface area contributed by atoms with E-state index in [2.05, 4.69) is 20.9 Å². The maximum atomic E-state index is 13.6. The van der Waals surface area contributed by atoms with Crippen molar-refractivity contribution in [1.29, 1.82) is 5.26 Å². The molecule has 0 unspecified atom stereocenters. The van der Waals surface area contributed by atoms with Gasteiger partial charge in [-0.05, 0) is 56.0 Å². The number of morpholine rings is 1. The van der Waals surface area contributed by atoms with E-state index in [1.807, 2.05) is 12.1 Å². The Hall–Kier alpha value is -1.95. The molecule has 7 nitrogen and oxygen atoms in total. The molecular weight excluding hydrogens is 421 g/mol. The number of amides is 1. The molecule has 9 heteroatoms. The highest BCUT2D eigenvalue weighted by Gasteiger charge is 2.36. The molecule has 0 bridgehead atoms. The van der Waals surface area contributed by atoms with E-state index in [1.165, 1.54) is 10.5 Å². The molecule has 0 radical (unpaired) electrons. The summed E-state index contributed by atoms with van der Waals surface area (Å²) in [7, 11) is 0. The van der Waals surface area contributed by atoms with Crippen molar-refractivity contribution in [2.24, 2.45) is 5.92 Å². The summed E-state index contributed by atoms with van der Waals surface area (Å²) in [5.41, 5.74) is 1.19. The quantitative estimate of drug-likeness (QED) is 0.642. The van der Waals surface area contributed by atoms with Gasteiger partial charge in [-0.1, -0.05) is 11.6 Å². The minimum atomic E-state index is -1.09. The normalized spacial score (nSPS) is 25.6. The number of rotatable bonds is 5. The second-order valence-electron chi connectivity index (χ2n) is 8.70. The third kappa shape index (κ3) is 5.65. The molecule has 1 amide bonds. The Morgan fingerprint density at radius 2 is 2.00 bits per heavy atom. The second-order valence-corrected chi connectivity index (χ2v) is 9.09. The number of carbonyl (C=O) groups excluding carboxylic acids is 1. The SMILES string of the molecule is N#C[C@@H]1C[C@H](F)CN1C(=O)CN1CCC(Cc2cc(Cl)nc(N3CCOCC3)c2)CC1. The molecule has 0 spiro atoms. The summed E-state index contributed by atoms with van der Waals surface area (Å²) in [5, 5.41) is 9.68. The fraction of sp³-hybridized carbons (Fsp3) is 0.682. The number of alkyl halides is 1. The Bertz CT molecular complexity index is 821. The minimum absolute atomic E-state index is 0.0435. The number of anilines is 1. The summed E-state index contributed by atoms with van der Waals surface area (Å²) >= 11 is 6.29. The van der Waals surface area contributed by atoms with Gasteiger partial charge in [-0.2, -0.15) is 5.26 Å². The van der Waals surface area contributed by atoms with Gasteiger partial charge in [0.05, 0.1) is 32.4 Å². The molecule has 3 aliphatic rings. The maximum absolute atomic E-state index is 13.6. The molecule has 0 aliphatic carbocycles. The van der Waals surface area contributed by atoms with Crippen molar-refractivity contribution in [2.45, 2.75) is 37.9 Å². The predicted octanol–water partition coefficient (Wildman–Crippen LogP) is 2.29. The molecular formula is C22H29ClFN5O2. The molecule has 3 aliphatic heterocycles. The van der Waals surface area contributed by atoms with Crippen LogP contribution in [0.4, 0.5) is 10.2 Å². The highest BCUT2D eigenvalue weighted by Crippen LogP contribution is 2.26. The number of hydrogen-bond acceptors (Lipinski definition) is 6. The first-order valence-corrected chi connectivity index (χ1v) is 11.4. The number of pyridine rings is 1. The van der Waals surface area contributed by atoms with Crippen molar-refractivity contribution in [3.63, 3.8) is 0 Å². The number of nitriles is 1. The van der Waals surface area contributed by atoms with Crippen LogP contribution in [-0.4, -0.2) is 85.4 Å². The van der Waals surface area contributed by atoms with Crippen molar-refractivity contribution in [3.05, 3.63) is 22.8 Å². The van der Waals surface area contributed by atoms with Crippen LogP contribution in [0.15, 0.2) is 12.1 Å². The molecule has 31 heavy (non-hydrogen) atoms. The summed E-state index contributed by atoms with van der Waals surface area (Å²) in [6.07, 6.45) is 1.97. The summed E-state index contributed by atoms with van der Waals surface area (Å²) in [5.74, 6) is 1.30. The second kappa shape index (κ2) is 10.1. The Morgan fingerprint density at radius 3 is 2.71 bits per heavy atom. The first kappa shape index (κ1) is 22.3. The van der Waals surface area contributed by atoms with Crippen LogP contribution >= 0.6 is 11.6 Å². The first-order valence-electron chi connectivity index (χ1n) is 11.1.